The molecule has 0 spiro atoms. The number of halogens is 1. The number of rotatable bonds is 11. The van der Waals surface area contributed by atoms with Gasteiger partial charge in [-0.2, -0.15) is 5.10 Å². The Labute approximate surface area is 199 Å². The van der Waals surface area contributed by atoms with E-state index in [0.29, 0.717) is 23.9 Å². The first-order valence-electron chi connectivity index (χ1n) is 10.8. The Hall–Kier alpha value is -2.54. The van der Waals surface area contributed by atoms with Crippen molar-refractivity contribution in [2.75, 3.05) is 20.3 Å². The van der Waals surface area contributed by atoms with Gasteiger partial charge in [0.15, 0.2) is 18.1 Å². The minimum absolute atomic E-state index is 0.0369. The Balaban J connectivity index is 1.86. The average molecular weight is 505 g/mol. The molecule has 0 fully saturated rings. The molecule has 174 valence electrons. The van der Waals surface area contributed by atoms with Crippen molar-refractivity contribution < 1.29 is 19.0 Å². The van der Waals surface area contributed by atoms with Crippen LogP contribution in [-0.4, -0.2) is 32.4 Å². The quantitative estimate of drug-likeness (QED) is 0.236. The first kappa shape index (κ1) is 25.7. The van der Waals surface area contributed by atoms with Gasteiger partial charge >= 0.3 is 0 Å². The third kappa shape index (κ3) is 8.19. The van der Waals surface area contributed by atoms with Crippen LogP contribution in [0.25, 0.3) is 0 Å². The number of nitrogens with one attached hydrogen (secondary N) is 1. The molecule has 0 aliphatic heterocycles. The molecule has 0 aliphatic rings. The van der Waals surface area contributed by atoms with E-state index < -0.39 is 0 Å². The molecule has 2 rings (SSSR count). The van der Waals surface area contributed by atoms with E-state index in [9.17, 15) is 4.79 Å². The maximum Gasteiger partial charge on any atom is 0.277 e. The van der Waals surface area contributed by atoms with Crippen LogP contribution in [0, 0.1) is 0 Å². The summed E-state index contributed by atoms with van der Waals surface area (Å²) in [5.74, 6) is 1.58. The number of methoxy groups -OCH3 is 1. The van der Waals surface area contributed by atoms with Crippen molar-refractivity contribution in [3.8, 4) is 17.2 Å². The Morgan fingerprint density at radius 1 is 1.06 bits per heavy atom. The number of carbonyl (C=O) groups is 1. The number of carbonyl (C=O) groups excluding carboxylic acids is 1. The molecule has 0 radical (unpaired) electrons. The molecule has 0 heterocycles. The number of unbranched alkanes of at least 4 members (excludes halogenated alkanes) is 2. The molecular formula is C25H33BrN2O4. The molecule has 32 heavy (non-hydrogen) atoms. The van der Waals surface area contributed by atoms with Crippen LogP contribution in [0.2, 0.25) is 0 Å². The molecule has 0 saturated heterocycles. The van der Waals surface area contributed by atoms with Gasteiger partial charge in [-0.1, -0.05) is 46.6 Å². The second kappa shape index (κ2) is 12.5. The van der Waals surface area contributed by atoms with Crippen LogP contribution in [0.3, 0.4) is 0 Å². The molecular weight excluding hydrogens is 472 g/mol. The normalized spacial score (nSPS) is 11.4. The highest BCUT2D eigenvalue weighted by atomic mass is 79.9. The zero-order valence-electron chi connectivity index (χ0n) is 19.5. The van der Waals surface area contributed by atoms with Crippen molar-refractivity contribution in [3.63, 3.8) is 0 Å². The zero-order valence-corrected chi connectivity index (χ0v) is 21.1. The molecule has 7 heteroatoms. The van der Waals surface area contributed by atoms with Crippen molar-refractivity contribution in [2.45, 2.75) is 52.4 Å². The van der Waals surface area contributed by atoms with Crippen LogP contribution >= 0.6 is 15.9 Å². The molecule has 2 aromatic carbocycles. The van der Waals surface area contributed by atoms with Crippen LogP contribution in [0.4, 0.5) is 0 Å². The molecule has 0 bridgehead atoms. The van der Waals surface area contributed by atoms with Gasteiger partial charge < -0.3 is 14.2 Å². The van der Waals surface area contributed by atoms with Crippen molar-refractivity contribution >= 4 is 28.1 Å². The van der Waals surface area contributed by atoms with Crippen molar-refractivity contribution in [2.24, 2.45) is 5.10 Å². The van der Waals surface area contributed by atoms with Crippen molar-refractivity contribution in [1.29, 1.82) is 0 Å². The van der Waals surface area contributed by atoms with Crippen molar-refractivity contribution in [3.05, 3.63) is 52.0 Å². The number of hydrazone groups is 1. The van der Waals surface area contributed by atoms with E-state index in [4.69, 9.17) is 14.2 Å². The van der Waals surface area contributed by atoms with Gasteiger partial charge in [0, 0.05) is 0 Å². The van der Waals surface area contributed by atoms with Gasteiger partial charge in [-0.3, -0.25) is 4.79 Å². The van der Waals surface area contributed by atoms with Gasteiger partial charge in [0.2, 0.25) is 0 Å². The second-order valence-corrected chi connectivity index (χ2v) is 9.30. The fourth-order valence-corrected chi connectivity index (χ4v) is 3.35. The number of hydrogen-bond acceptors (Lipinski definition) is 5. The Morgan fingerprint density at radius 2 is 1.81 bits per heavy atom. The molecule has 1 amide bonds. The van der Waals surface area contributed by atoms with Crippen LogP contribution < -0.4 is 19.6 Å². The molecule has 0 aliphatic carbocycles. The topological polar surface area (TPSA) is 69.2 Å². The van der Waals surface area contributed by atoms with Gasteiger partial charge in [0.05, 0.1) is 24.4 Å². The monoisotopic (exact) mass is 504 g/mol. The maximum atomic E-state index is 12.1. The number of benzene rings is 2. The number of ether oxygens (including phenoxy) is 3. The summed E-state index contributed by atoms with van der Waals surface area (Å²) in [4.78, 5) is 12.1. The second-order valence-electron chi connectivity index (χ2n) is 8.44. The largest absolute Gasteiger partial charge is 0.493 e. The van der Waals surface area contributed by atoms with Crippen LogP contribution in [-0.2, 0) is 10.2 Å². The lowest BCUT2D eigenvalue weighted by Crippen LogP contribution is -2.24. The fourth-order valence-electron chi connectivity index (χ4n) is 2.86. The maximum absolute atomic E-state index is 12.1. The molecule has 1 N–H and O–H groups in total. The van der Waals surface area contributed by atoms with Gasteiger partial charge in [-0.15, -0.1) is 0 Å². The number of amides is 1. The van der Waals surface area contributed by atoms with Crippen LogP contribution in [0.1, 0.15) is 58.1 Å². The van der Waals surface area contributed by atoms with E-state index in [0.717, 1.165) is 29.3 Å². The lowest BCUT2D eigenvalue weighted by Gasteiger charge is -2.20. The van der Waals surface area contributed by atoms with E-state index >= 15 is 0 Å². The summed E-state index contributed by atoms with van der Waals surface area (Å²) in [6.45, 7) is 9.10. The summed E-state index contributed by atoms with van der Waals surface area (Å²) in [5, 5.41) is 4.00. The zero-order chi connectivity index (χ0) is 23.6. The lowest BCUT2D eigenvalue weighted by molar-refractivity contribution is -0.123. The first-order chi connectivity index (χ1) is 15.2. The van der Waals surface area contributed by atoms with Crippen LogP contribution in [0.15, 0.2) is 46.0 Å². The average Bonchev–Trinajstić information content (AvgIpc) is 2.75. The summed E-state index contributed by atoms with van der Waals surface area (Å²) in [6.07, 6.45) is 4.84. The predicted octanol–water partition coefficient (Wildman–Crippen LogP) is 5.85. The van der Waals surface area contributed by atoms with E-state index in [-0.39, 0.29) is 17.9 Å². The molecule has 0 atom stereocenters. The predicted molar refractivity (Wildman–Crippen MR) is 132 cm³/mol. The van der Waals surface area contributed by atoms with Crippen molar-refractivity contribution in [1.82, 2.24) is 5.43 Å². The van der Waals surface area contributed by atoms with Gasteiger partial charge in [-0.05, 0) is 69.2 Å². The molecule has 2 aromatic rings. The SMILES string of the molecule is CCCCCOc1ccc(/C=N/NC(=O)COc2ccc(C(C)(C)C)cc2Br)cc1OC. The summed E-state index contributed by atoms with van der Waals surface area (Å²) < 4.78 is 17.6. The van der Waals surface area contributed by atoms with E-state index in [1.165, 1.54) is 5.56 Å². The van der Waals surface area contributed by atoms with Gasteiger partial charge in [0.25, 0.3) is 5.91 Å². The third-order valence-corrected chi connectivity index (χ3v) is 5.37. The summed E-state index contributed by atoms with van der Waals surface area (Å²) >= 11 is 3.51. The summed E-state index contributed by atoms with van der Waals surface area (Å²) in [5.41, 5.74) is 4.47. The fraction of sp³-hybridized carbons (Fsp3) is 0.440. The standard InChI is InChI=1S/C25H33BrN2O4/c1-6-7-8-13-31-22-11-9-18(14-23(22)30-5)16-27-28-24(29)17-32-21-12-10-19(15-20(21)26)25(2,3)4/h9-12,14-16H,6-8,13,17H2,1-5H3,(H,28,29)/b27-16+. The Morgan fingerprint density at radius 3 is 2.47 bits per heavy atom. The number of nitrogens with zero attached hydrogens (tertiary/aromatic N) is 1. The van der Waals surface area contributed by atoms with E-state index in [1.54, 1.807) is 13.3 Å². The lowest BCUT2D eigenvalue weighted by atomic mass is 9.87. The smallest absolute Gasteiger partial charge is 0.277 e. The van der Waals surface area contributed by atoms with E-state index in [2.05, 4.69) is 54.2 Å². The summed E-state index contributed by atoms with van der Waals surface area (Å²) in [7, 11) is 1.60. The first-order valence-corrected chi connectivity index (χ1v) is 11.6. The Bertz CT molecular complexity index is 923. The molecule has 0 unspecified atom stereocenters. The van der Waals surface area contributed by atoms with E-state index in [1.807, 2.05) is 36.4 Å². The highest BCUT2D eigenvalue weighted by Crippen LogP contribution is 2.31. The van der Waals surface area contributed by atoms with Gasteiger partial charge in [-0.25, -0.2) is 5.43 Å². The number of hydrogen-bond donors (Lipinski definition) is 1. The molecule has 6 nitrogen and oxygen atoms in total. The minimum Gasteiger partial charge on any atom is -0.493 e. The third-order valence-electron chi connectivity index (χ3n) is 4.75. The van der Waals surface area contributed by atoms with Crippen LogP contribution in [0.5, 0.6) is 17.2 Å². The highest BCUT2D eigenvalue weighted by Gasteiger charge is 2.15. The molecule has 0 saturated carbocycles. The molecule has 0 aromatic heterocycles. The summed E-state index contributed by atoms with van der Waals surface area (Å²) in [6, 6.07) is 11.4. The van der Waals surface area contributed by atoms with Gasteiger partial charge in [0.1, 0.15) is 5.75 Å². The Kier molecular flexibility index (Phi) is 10.0. The minimum atomic E-state index is -0.351. The highest BCUT2D eigenvalue weighted by molar-refractivity contribution is 9.10.